The Hall–Kier alpha value is -1.66. The van der Waals surface area contributed by atoms with Crippen molar-refractivity contribution in [2.75, 3.05) is 12.9 Å². The number of fused-ring (bicyclic) bond motifs is 1. The zero-order chi connectivity index (χ0) is 13.9. The van der Waals surface area contributed by atoms with Gasteiger partial charge in [-0.2, -0.15) is 0 Å². The maximum atomic E-state index is 11.5. The second kappa shape index (κ2) is 5.54. The Morgan fingerprint density at radius 2 is 2.16 bits per heavy atom. The number of benzene rings is 1. The number of carbonyl (C=O) groups is 1. The Bertz CT molecular complexity index is 596. The first-order valence-corrected chi connectivity index (χ1v) is 6.73. The summed E-state index contributed by atoms with van der Waals surface area (Å²) in [6.07, 6.45) is 1.51. The molecule has 0 radical (unpaired) electrons. The van der Waals surface area contributed by atoms with Crippen LogP contribution in [0.1, 0.15) is 6.92 Å². The van der Waals surface area contributed by atoms with Crippen molar-refractivity contribution in [3.05, 3.63) is 30.6 Å². The van der Waals surface area contributed by atoms with Gasteiger partial charge in [0.25, 0.3) is 0 Å². The van der Waals surface area contributed by atoms with E-state index in [1.54, 1.807) is 6.92 Å². The first-order valence-electron chi connectivity index (χ1n) is 5.74. The van der Waals surface area contributed by atoms with Gasteiger partial charge in [0.1, 0.15) is 16.9 Å². The second-order valence-electron chi connectivity index (χ2n) is 4.39. The van der Waals surface area contributed by atoms with Gasteiger partial charge in [-0.3, -0.25) is 4.79 Å². The SMILES string of the molecule is COC(=O)C(C)(N)CSc1ncnc2ccccc12. The van der Waals surface area contributed by atoms with Crippen molar-refractivity contribution in [3.8, 4) is 0 Å². The molecule has 0 bridgehead atoms. The Kier molecular flexibility index (Phi) is 4.01. The van der Waals surface area contributed by atoms with Crippen molar-refractivity contribution < 1.29 is 9.53 Å². The van der Waals surface area contributed by atoms with Crippen LogP contribution in [0.3, 0.4) is 0 Å². The Labute approximate surface area is 115 Å². The highest BCUT2D eigenvalue weighted by molar-refractivity contribution is 7.99. The van der Waals surface area contributed by atoms with Crippen molar-refractivity contribution in [3.63, 3.8) is 0 Å². The monoisotopic (exact) mass is 277 g/mol. The highest BCUT2D eigenvalue weighted by Crippen LogP contribution is 2.26. The van der Waals surface area contributed by atoms with Gasteiger partial charge in [0.15, 0.2) is 0 Å². The first-order chi connectivity index (χ1) is 9.04. The quantitative estimate of drug-likeness (QED) is 0.520. The van der Waals surface area contributed by atoms with E-state index in [0.717, 1.165) is 15.9 Å². The van der Waals surface area contributed by atoms with Gasteiger partial charge in [0.2, 0.25) is 0 Å². The van der Waals surface area contributed by atoms with Crippen molar-refractivity contribution in [1.29, 1.82) is 0 Å². The summed E-state index contributed by atoms with van der Waals surface area (Å²) in [6.45, 7) is 1.65. The molecule has 0 spiro atoms. The van der Waals surface area contributed by atoms with Crippen LogP contribution in [-0.2, 0) is 9.53 Å². The lowest BCUT2D eigenvalue weighted by Gasteiger charge is -2.20. The van der Waals surface area contributed by atoms with Crippen LogP contribution in [0.2, 0.25) is 0 Å². The minimum atomic E-state index is -1.04. The molecule has 1 heterocycles. The maximum absolute atomic E-state index is 11.5. The number of nitrogens with zero attached hydrogens (tertiary/aromatic N) is 2. The number of carbonyl (C=O) groups excluding carboxylic acids is 1. The standard InChI is InChI=1S/C13H15N3O2S/c1-13(14,12(17)18-2)7-19-11-9-5-3-4-6-10(9)15-8-16-11/h3-6,8H,7,14H2,1-2H3. The molecule has 0 saturated heterocycles. The number of ether oxygens (including phenoxy) is 1. The van der Waals surface area contributed by atoms with Crippen LogP contribution in [0.5, 0.6) is 0 Å². The number of para-hydroxylation sites is 1. The fourth-order valence-electron chi connectivity index (χ4n) is 1.61. The van der Waals surface area contributed by atoms with Gasteiger partial charge in [0, 0.05) is 11.1 Å². The summed E-state index contributed by atoms with van der Waals surface area (Å²) < 4.78 is 4.68. The van der Waals surface area contributed by atoms with E-state index >= 15 is 0 Å². The molecule has 19 heavy (non-hydrogen) atoms. The summed E-state index contributed by atoms with van der Waals surface area (Å²) >= 11 is 1.42. The molecule has 2 aromatic rings. The van der Waals surface area contributed by atoms with Crippen LogP contribution >= 0.6 is 11.8 Å². The van der Waals surface area contributed by atoms with Gasteiger partial charge < -0.3 is 10.5 Å². The molecule has 100 valence electrons. The molecule has 0 saturated carbocycles. The molecule has 0 aliphatic rings. The lowest BCUT2D eigenvalue weighted by atomic mass is 10.1. The zero-order valence-electron chi connectivity index (χ0n) is 10.8. The smallest absolute Gasteiger partial charge is 0.326 e. The van der Waals surface area contributed by atoms with E-state index in [0.29, 0.717) is 5.75 Å². The molecule has 1 unspecified atom stereocenters. The third-order valence-corrected chi connectivity index (χ3v) is 4.01. The van der Waals surface area contributed by atoms with Crippen LogP contribution < -0.4 is 5.73 Å². The molecule has 1 atom stereocenters. The van der Waals surface area contributed by atoms with E-state index in [9.17, 15) is 4.79 Å². The number of hydrogen-bond acceptors (Lipinski definition) is 6. The summed E-state index contributed by atoms with van der Waals surface area (Å²) in [7, 11) is 1.33. The van der Waals surface area contributed by atoms with Gasteiger partial charge in [-0.1, -0.05) is 18.2 Å². The fourth-order valence-corrected chi connectivity index (χ4v) is 2.61. The van der Waals surface area contributed by atoms with Crippen LogP contribution in [0.15, 0.2) is 35.6 Å². The average molecular weight is 277 g/mol. The summed E-state index contributed by atoms with van der Waals surface area (Å²) in [6, 6.07) is 7.72. The van der Waals surface area contributed by atoms with E-state index in [1.807, 2.05) is 24.3 Å². The molecule has 1 aromatic carbocycles. The Balaban J connectivity index is 2.21. The van der Waals surface area contributed by atoms with Crippen molar-refractivity contribution in [2.24, 2.45) is 5.73 Å². The lowest BCUT2D eigenvalue weighted by Crippen LogP contribution is -2.48. The fraction of sp³-hybridized carbons (Fsp3) is 0.308. The number of aromatic nitrogens is 2. The summed E-state index contributed by atoms with van der Waals surface area (Å²) in [5, 5.41) is 1.77. The largest absolute Gasteiger partial charge is 0.468 e. The number of hydrogen-bond donors (Lipinski definition) is 1. The maximum Gasteiger partial charge on any atom is 0.326 e. The van der Waals surface area contributed by atoms with Crippen molar-refractivity contribution in [1.82, 2.24) is 9.97 Å². The van der Waals surface area contributed by atoms with Crippen LogP contribution in [0, 0.1) is 0 Å². The molecular weight excluding hydrogens is 262 g/mol. The number of thioether (sulfide) groups is 1. The molecule has 5 nitrogen and oxygen atoms in total. The van der Waals surface area contributed by atoms with Crippen molar-refractivity contribution in [2.45, 2.75) is 17.5 Å². The van der Waals surface area contributed by atoms with Crippen LogP contribution in [0.4, 0.5) is 0 Å². The highest BCUT2D eigenvalue weighted by Gasteiger charge is 2.29. The third kappa shape index (κ3) is 3.02. The van der Waals surface area contributed by atoms with E-state index in [2.05, 4.69) is 14.7 Å². The highest BCUT2D eigenvalue weighted by atomic mass is 32.2. The first kappa shape index (κ1) is 13.8. The average Bonchev–Trinajstić information content (AvgIpc) is 2.44. The number of nitrogens with two attached hydrogens (primary N) is 1. The van der Waals surface area contributed by atoms with Gasteiger partial charge in [0.05, 0.1) is 12.6 Å². The minimum absolute atomic E-state index is 0.390. The normalized spacial score (nSPS) is 14.1. The van der Waals surface area contributed by atoms with E-state index in [1.165, 1.54) is 25.2 Å². The molecule has 0 fully saturated rings. The summed E-state index contributed by atoms with van der Waals surface area (Å²) in [5.41, 5.74) is 5.76. The predicted molar refractivity (Wildman–Crippen MR) is 74.9 cm³/mol. The van der Waals surface area contributed by atoms with Gasteiger partial charge in [-0.05, 0) is 13.0 Å². The molecule has 1 aromatic heterocycles. The van der Waals surface area contributed by atoms with Gasteiger partial charge in [-0.15, -0.1) is 11.8 Å². The zero-order valence-corrected chi connectivity index (χ0v) is 11.6. The minimum Gasteiger partial charge on any atom is -0.468 e. The molecule has 2 N–H and O–H groups in total. The molecule has 0 aliphatic heterocycles. The topological polar surface area (TPSA) is 78.1 Å². The number of rotatable bonds is 4. The van der Waals surface area contributed by atoms with E-state index < -0.39 is 11.5 Å². The summed E-state index contributed by atoms with van der Waals surface area (Å²) in [4.78, 5) is 20.0. The second-order valence-corrected chi connectivity index (χ2v) is 5.36. The molecule has 6 heteroatoms. The van der Waals surface area contributed by atoms with Crippen LogP contribution in [-0.4, -0.2) is 34.3 Å². The number of methoxy groups -OCH3 is 1. The van der Waals surface area contributed by atoms with Crippen molar-refractivity contribution >= 4 is 28.6 Å². The van der Waals surface area contributed by atoms with Gasteiger partial charge >= 0.3 is 5.97 Å². The Morgan fingerprint density at radius 1 is 1.42 bits per heavy atom. The van der Waals surface area contributed by atoms with E-state index in [-0.39, 0.29) is 0 Å². The lowest BCUT2D eigenvalue weighted by molar-refractivity contribution is -0.145. The molecule has 0 amide bonds. The molecular formula is C13H15N3O2S. The Morgan fingerprint density at radius 3 is 2.89 bits per heavy atom. The van der Waals surface area contributed by atoms with E-state index in [4.69, 9.17) is 5.73 Å². The molecule has 2 rings (SSSR count). The predicted octanol–water partition coefficient (Wildman–Crippen LogP) is 1.61. The summed E-state index contributed by atoms with van der Waals surface area (Å²) in [5.74, 6) is -0.0425. The van der Waals surface area contributed by atoms with Gasteiger partial charge in [-0.25, -0.2) is 9.97 Å². The molecule has 0 aliphatic carbocycles. The third-order valence-electron chi connectivity index (χ3n) is 2.67. The van der Waals surface area contributed by atoms with Crippen LogP contribution in [0.25, 0.3) is 10.9 Å². The number of esters is 1.